The number of hydrogen-bond acceptors (Lipinski definition) is 4. The average molecular weight is 262 g/mol. The molecule has 1 aromatic carbocycles. The van der Waals surface area contributed by atoms with E-state index in [4.69, 9.17) is 5.11 Å². The topological polar surface area (TPSA) is 62.2 Å². The van der Waals surface area contributed by atoms with Crippen LogP contribution < -0.4 is 5.32 Å². The van der Waals surface area contributed by atoms with Crippen molar-refractivity contribution in [1.29, 1.82) is 0 Å². The molecule has 0 fully saturated rings. The minimum atomic E-state index is -0.821. The van der Waals surface area contributed by atoms with Crippen LogP contribution in [0.25, 0.3) is 10.8 Å². The fraction of sp³-hybridized carbons (Fsp3) is 0.231. The lowest BCUT2D eigenvalue weighted by Gasteiger charge is -2.04. The van der Waals surface area contributed by atoms with Gasteiger partial charge in [-0.3, -0.25) is 9.78 Å². The van der Waals surface area contributed by atoms with E-state index >= 15 is 0 Å². The van der Waals surface area contributed by atoms with Crippen LogP contribution >= 0.6 is 11.8 Å². The third-order valence-corrected chi connectivity index (χ3v) is 3.43. The number of aromatic nitrogens is 1. The first-order chi connectivity index (χ1) is 8.75. The molecule has 0 aliphatic carbocycles. The average Bonchev–Trinajstić information content (AvgIpc) is 2.38. The molecule has 0 spiro atoms. The van der Waals surface area contributed by atoms with Crippen molar-refractivity contribution in [3.63, 3.8) is 0 Å². The van der Waals surface area contributed by atoms with Gasteiger partial charge in [-0.2, -0.15) is 0 Å². The Labute approximate surface area is 109 Å². The van der Waals surface area contributed by atoms with Gasteiger partial charge in [0.15, 0.2) is 0 Å². The largest absolute Gasteiger partial charge is 0.480 e. The molecule has 0 saturated heterocycles. The van der Waals surface area contributed by atoms with Crippen molar-refractivity contribution in [3.05, 3.63) is 36.7 Å². The Morgan fingerprint density at radius 1 is 1.33 bits per heavy atom. The van der Waals surface area contributed by atoms with E-state index in [0.717, 1.165) is 11.1 Å². The van der Waals surface area contributed by atoms with E-state index in [0.29, 0.717) is 6.54 Å². The van der Waals surface area contributed by atoms with Crippen molar-refractivity contribution in [1.82, 2.24) is 10.3 Å². The number of nitrogens with one attached hydrogen (secondary N) is 1. The molecule has 5 heteroatoms. The highest BCUT2D eigenvalue weighted by Gasteiger charge is 1.98. The van der Waals surface area contributed by atoms with Gasteiger partial charge in [0.2, 0.25) is 0 Å². The Hall–Kier alpha value is -1.59. The van der Waals surface area contributed by atoms with Gasteiger partial charge in [-0.15, -0.1) is 11.8 Å². The number of fused-ring (bicyclic) bond motifs is 1. The monoisotopic (exact) mass is 262 g/mol. The summed E-state index contributed by atoms with van der Waals surface area (Å²) in [6.45, 7) is 0.704. The Morgan fingerprint density at radius 2 is 2.22 bits per heavy atom. The molecule has 0 bridgehead atoms. The molecular weight excluding hydrogens is 248 g/mol. The van der Waals surface area contributed by atoms with Gasteiger partial charge >= 0.3 is 5.97 Å². The summed E-state index contributed by atoms with van der Waals surface area (Å²) in [5, 5.41) is 13.6. The maximum atomic E-state index is 10.3. The summed E-state index contributed by atoms with van der Waals surface area (Å²) in [6.07, 6.45) is 3.63. The van der Waals surface area contributed by atoms with Gasteiger partial charge in [-0.25, -0.2) is 0 Å². The molecular formula is C13H14N2O2S. The Kier molecular flexibility index (Phi) is 4.55. The van der Waals surface area contributed by atoms with Crippen LogP contribution in [-0.4, -0.2) is 34.9 Å². The van der Waals surface area contributed by atoms with E-state index in [1.807, 2.05) is 12.3 Å². The lowest BCUT2D eigenvalue weighted by molar-refractivity contribution is -0.135. The number of aliphatic carboxylic acids is 1. The summed E-state index contributed by atoms with van der Waals surface area (Å²) in [4.78, 5) is 15.6. The van der Waals surface area contributed by atoms with E-state index in [1.165, 1.54) is 10.3 Å². The highest BCUT2D eigenvalue weighted by Crippen LogP contribution is 2.22. The van der Waals surface area contributed by atoms with Crippen LogP contribution in [0.5, 0.6) is 0 Å². The molecule has 0 aliphatic rings. The molecule has 0 saturated carbocycles. The summed E-state index contributed by atoms with van der Waals surface area (Å²) in [7, 11) is 0. The molecule has 0 aliphatic heterocycles. The van der Waals surface area contributed by atoms with E-state index in [2.05, 4.69) is 28.5 Å². The highest BCUT2D eigenvalue weighted by atomic mass is 32.2. The fourth-order valence-corrected chi connectivity index (χ4v) is 2.44. The van der Waals surface area contributed by atoms with Crippen LogP contribution in [0.1, 0.15) is 0 Å². The van der Waals surface area contributed by atoms with Crippen LogP contribution in [0.4, 0.5) is 0 Å². The van der Waals surface area contributed by atoms with Gasteiger partial charge in [0.1, 0.15) is 0 Å². The SMILES string of the molecule is O=C(O)CNCCSc1ccc2cnccc2c1. The smallest absolute Gasteiger partial charge is 0.317 e. The fourth-order valence-electron chi connectivity index (χ4n) is 1.59. The number of pyridine rings is 1. The lowest BCUT2D eigenvalue weighted by atomic mass is 10.2. The first-order valence-electron chi connectivity index (χ1n) is 5.65. The van der Waals surface area contributed by atoms with Gasteiger partial charge in [0.25, 0.3) is 0 Å². The predicted molar refractivity (Wildman–Crippen MR) is 73.0 cm³/mol. The van der Waals surface area contributed by atoms with Gasteiger partial charge in [0.05, 0.1) is 6.54 Å². The third kappa shape index (κ3) is 3.72. The number of thioether (sulfide) groups is 1. The normalized spacial score (nSPS) is 10.7. The molecule has 0 radical (unpaired) electrons. The Bertz CT molecular complexity index is 545. The van der Waals surface area contributed by atoms with E-state index in [9.17, 15) is 4.79 Å². The number of benzene rings is 1. The number of rotatable bonds is 6. The molecule has 0 atom stereocenters. The Balaban J connectivity index is 1.86. The van der Waals surface area contributed by atoms with Gasteiger partial charge in [0, 0.05) is 35.0 Å². The molecule has 18 heavy (non-hydrogen) atoms. The summed E-state index contributed by atoms with van der Waals surface area (Å²) < 4.78 is 0. The van der Waals surface area contributed by atoms with Crippen LogP contribution in [0, 0.1) is 0 Å². The van der Waals surface area contributed by atoms with Crippen LogP contribution in [-0.2, 0) is 4.79 Å². The number of carbonyl (C=O) groups is 1. The maximum Gasteiger partial charge on any atom is 0.317 e. The molecule has 4 nitrogen and oxygen atoms in total. The summed E-state index contributed by atoms with van der Waals surface area (Å²) in [6, 6.07) is 8.22. The van der Waals surface area contributed by atoms with E-state index < -0.39 is 5.97 Å². The summed E-state index contributed by atoms with van der Waals surface area (Å²) in [5.41, 5.74) is 0. The lowest BCUT2D eigenvalue weighted by Crippen LogP contribution is -2.24. The van der Waals surface area contributed by atoms with E-state index in [1.54, 1.807) is 18.0 Å². The number of hydrogen-bond donors (Lipinski definition) is 2. The quantitative estimate of drug-likeness (QED) is 0.616. The standard InChI is InChI=1S/C13H14N2O2S/c16-13(17)9-15-5-6-18-12-2-1-11-8-14-4-3-10(11)7-12/h1-4,7-8,15H,5-6,9H2,(H,16,17). The highest BCUT2D eigenvalue weighted by molar-refractivity contribution is 7.99. The molecule has 94 valence electrons. The first kappa shape index (κ1) is 12.9. The second-order valence-electron chi connectivity index (χ2n) is 3.80. The minimum Gasteiger partial charge on any atom is -0.480 e. The number of carboxylic acids is 1. The molecule has 2 rings (SSSR count). The van der Waals surface area contributed by atoms with Crippen molar-refractivity contribution in [3.8, 4) is 0 Å². The second-order valence-corrected chi connectivity index (χ2v) is 4.97. The maximum absolute atomic E-state index is 10.3. The first-order valence-corrected chi connectivity index (χ1v) is 6.63. The zero-order valence-corrected chi connectivity index (χ0v) is 10.6. The van der Waals surface area contributed by atoms with Gasteiger partial charge in [-0.1, -0.05) is 6.07 Å². The van der Waals surface area contributed by atoms with Crippen LogP contribution in [0.2, 0.25) is 0 Å². The third-order valence-electron chi connectivity index (χ3n) is 2.44. The molecule has 2 N–H and O–H groups in total. The molecule has 1 heterocycles. The van der Waals surface area contributed by atoms with E-state index in [-0.39, 0.29) is 6.54 Å². The molecule has 0 unspecified atom stereocenters. The summed E-state index contributed by atoms with van der Waals surface area (Å²) in [5.74, 6) is 0.0300. The minimum absolute atomic E-state index is 0.0178. The zero-order valence-electron chi connectivity index (χ0n) is 9.80. The van der Waals surface area contributed by atoms with Crippen molar-refractivity contribution in [2.75, 3.05) is 18.8 Å². The molecule has 2 aromatic rings. The van der Waals surface area contributed by atoms with Gasteiger partial charge < -0.3 is 10.4 Å². The van der Waals surface area contributed by atoms with Crippen molar-refractivity contribution < 1.29 is 9.90 Å². The zero-order chi connectivity index (χ0) is 12.8. The number of nitrogens with zero attached hydrogens (tertiary/aromatic N) is 1. The molecule has 0 amide bonds. The van der Waals surface area contributed by atoms with Crippen LogP contribution in [0.3, 0.4) is 0 Å². The Morgan fingerprint density at radius 3 is 3.06 bits per heavy atom. The van der Waals surface area contributed by atoms with Crippen molar-refractivity contribution >= 4 is 28.5 Å². The predicted octanol–water partition coefficient (Wildman–Crippen LogP) is 2.00. The summed E-state index contributed by atoms with van der Waals surface area (Å²) >= 11 is 1.71. The number of carboxylic acid groups (broad SMARTS) is 1. The van der Waals surface area contributed by atoms with Crippen LogP contribution in [0.15, 0.2) is 41.6 Å². The molecule has 1 aromatic heterocycles. The second kappa shape index (κ2) is 6.37. The van der Waals surface area contributed by atoms with Crippen molar-refractivity contribution in [2.24, 2.45) is 0 Å². The van der Waals surface area contributed by atoms with Gasteiger partial charge in [-0.05, 0) is 23.6 Å². The van der Waals surface area contributed by atoms with Crippen molar-refractivity contribution in [2.45, 2.75) is 4.90 Å².